The molecule has 0 aromatic heterocycles. The maximum Gasteiger partial charge on any atom is -0.00987 e. The molecule has 0 fully saturated rings. The lowest BCUT2D eigenvalue weighted by molar-refractivity contribution is 1.50. The van der Waals surface area contributed by atoms with Gasteiger partial charge in [-0.15, -0.1) is 5.73 Å². The summed E-state index contributed by atoms with van der Waals surface area (Å²) < 4.78 is 0. The summed E-state index contributed by atoms with van der Waals surface area (Å²) in [7, 11) is 0. The van der Waals surface area contributed by atoms with Gasteiger partial charge in [0.2, 0.25) is 0 Å². The van der Waals surface area contributed by atoms with Crippen LogP contribution >= 0.6 is 0 Å². The van der Waals surface area contributed by atoms with E-state index in [0.29, 0.717) is 0 Å². The summed E-state index contributed by atoms with van der Waals surface area (Å²) in [6, 6.07) is 8.55. The third-order valence-electron chi connectivity index (χ3n) is 3.48. The molecule has 0 nitrogen and oxygen atoms in total. The van der Waals surface area contributed by atoms with Gasteiger partial charge in [0.15, 0.2) is 0 Å². The normalized spacial score (nSPS) is 11.3. The van der Waals surface area contributed by atoms with Crippen LogP contribution in [-0.4, -0.2) is 0 Å². The Labute approximate surface area is 126 Å². The van der Waals surface area contributed by atoms with Gasteiger partial charge < -0.3 is 0 Å². The van der Waals surface area contributed by atoms with Crippen molar-refractivity contribution in [1.82, 2.24) is 0 Å². The molecule has 0 spiro atoms. The van der Waals surface area contributed by atoms with E-state index in [1.807, 2.05) is 38.2 Å². The Balaban J connectivity index is 0.000000774. The zero-order chi connectivity index (χ0) is 15.2. The Morgan fingerprint density at radius 2 is 1.57 bits per heavy atom. The minimum absolute atomic E-state index is 1.12. The van der Waals surface area contributed by atoms with Crippen LogP contribution in [0, 0.1) is 0 Å². The zero-order valence-electron chi connectivity index (χ0n) is 12.7. The SMILES string of the molecule is C=Cc1ccc2c3c(ccc2c1C=C)=CC=C=CC=3.CC. The van der Waals surface area contributed by atoms with Crippen molar-refractivity contribution in [2.24, 2.45) is 0 Å². The third-order valence-corrected chi connectivity index (χ3v) is 3.48. The van der Waals surface area contributed by atoms with Crippen LogP contribution < -0.4 is 10.4 Å². The molecule has 0 saturated heterocycles. The number of hydrogen-bond donors (Lipinski definition) is 0. The summed E-state index contributed by atoms with van der Waals surface area (Å²) in [5, 5.41) is 4.90. The molecular weight excluding hydrogens is 252 g/mol. The van der Waals surface area contributed by atoms with Crippen molar-refractivity contribution in [3.8, 4) is 0 Å². The van der Waals surface area contributed by atoms with Crippen LogP contribution in [0.3, 0.4) is 0 Å². The highest BCUT2D eigenvalue weighted by atomic mass is 14.1. The molecule has 0 heteroatoms. The average Bonchev–Trinajstić information content (AvgIpc) is 2.80. The molecule has 2 aromatic carbocycles. The Morgan fingerprint density at radius 3 is 2.29 bits per heavy atom. The lowest BCUT2D eigenvalue weighted by Gasteiger charge is -2.07. The van der Waals surface area contributed by atoms with Crippen molar-refractivity contribution >= 4 is 35.1 Å². The molecule has 0 bridgehead atoms. The molecule has 0 aliphatic heterocycles. The van der Waals surface area contributed by atoms with Crippen molar-refractivity contribution in [2.45, 2.75) is 13.8 Å². The number of allylic oxidation sites excluding steroid dienone is 1. The summed E-state index contributed by atoms with van der Waals surface area (Å²) in [6.07, 6.45) is 11.9. The molecule has 104 valence electrons. The fraction of sp³-hybridized carbons (Fsp3) is 0.0952. The van der Waals surface area contributed by atoms with E-state index in [-0.39, 0.29) is 0 Å². The van der Waals surface area contributed by atoms with Gasteiger partial charge in [0.1, 0.15) is 0 Å². The fourth-order valence-electron chi connectivity index (χ4n) is 2.55. The minimum atomic E-state index is 1.12. The second kappa shape index (κ2) is 6.74. The Morgan fingerprint density at radius 1 is 0.857 bits per heavy atom. The van der Waals surface area contributed by atoms with E-state index >= 15 is 0 Å². The van der Waals surface area contributed by atoms with Gasteiger partial charge in [-0.05, 0) is 56.6 Å². The lowest BCUT2D eigenvalue weighted by Crippen LogP contribution is -2.24. The first-order valence-corrected chi connectivity index (χ1v) is 7.29. The average molecular weight is 272 g/mol. The first-order valence-electron chi connectivity index (χ1n) is 7.29. The summed E-state index contributed by atoms with van der Waals surface area (Å²) in [5.41, 5.74) is 5.38. The highest BCUT2D eigenvalue weighted by Gasteiger charge is 2.04. The van der Waals surface area contributed by atoms with Crippen LogP contribution in [0.25, 0.3) is 35.1 Å². The van der Waals surface area contributed by atoms with Crippen LogP contribution in [0.5, 0.6) is 0 Å². The highest BCUT2D eigenvalue weighted by molar-refractivity contribution is 5.94. The van der Waals surface area contributed by atoms with Gasteiger partial charge in [0.05, 0.1) is 0 Å². The third kappa shape index (κ3) is 2.67. The molecule has 2 aromatic rings. The summed E-state index contributed by atoms with van der Waals surface area (Å²) in [5.74, 6) is 0. The predicted molar refractivity (Wildman–Crippen MR) is 96.3 cm³/mol. The van der Waals surface area contributed by atoms with Gasteiger partial charge in [0, 0.05) is 0 Å². The van der Waals surface area contributed by atoms with Gasteiger partial charge in [-0.25, -0.2) is 0 Å². The predicted octanol–water partition coefficient (Wildman–Crippen LogP) is 4.44. The largest absolute Gasteiger partial charge is 0.121 e. The number of fused-ring (bicyclic) bond motifs is 3. The van der Waals surface area contributed by atoms with Crippen LogP contribution in [0.15, 0.2) is 55.3 Å². The molecule has 0 atom stereocenters. The van der Waals surface area contributed by atoms with E-state index in [1.165, 1.54) is 21.2 Å². The quantitative estimate of drug-likeness (QED) is 0.709. The van der Waals surface area contributed by atoms with Crippen molar-refractivity contribution in [3.63, 3.8) is 0 Å². The zero-order valence-corrected chi connectivity index (χ0v) is 12.7. The second-order valence-electron chi connectivity index (χ2n) is 4.47. The van der Waals surface area contributed by atoms with E-state index in [1.54, 1.807) is 0 Å². The first kappa shape index (κ1) is 14.8. The standard InChI is InChI=1S/C19H14.C2H6/c1-3-14-10-12-19-17-9-7-5-6-8-15(17)11-13-18(19)16(14)4-2;1-2/h3-4,6-13H,1-2H2;1-2H3. The number of hydrogen-bond acceptors (Lipinski definition) is 0. The molecule has 1 aliphatic rings. The highest BCUT2D eigenvalue weighted by Crippen LogP contribution is 2.21. The second-order valence-corrected chi connectivity index (χ2v) is 4.47. The van der Waals surface area contributed by atoms with Crippen LogP contribution in [0.2, 0.25) is 0 Å². The number of rotatable bonds is 2. The van der Waals surface area contributed by atoms with E-state index in [2.05, 4.69) is 55.3 Å². The minimum Gasteiger partial charge on any atom is -0.121 e. The van der Waals surface area contributed by atoms with Crippen LogP contribution in [0.1, 0.15) is 25.0 Å². The smallest absolute Gasteiger partial charge is 0.00987 e. The van der Waals surface area contributed by atoms with Crippen LogP contribution in [0.4, 0.5) is 0 Å². The van der Waals surface area contributed by atoms with Gasteiger partial charge >= 0.3 is 0 Å². The molecule has 0 saturated carbocycles. The molecular formula is C21H20. The van der Waals surface area contributed by atoms with Crippen molar-refractivity contribution in [3.05, 3.63) is 76.9 Å². The number of benzene rings is 2. The van der Waals surface area contributed by atoms with Crippen molar-refractivity contribution < 1.29 is 0 Å². The molecule has 0 amide bonds. The molecule has 0 N–H and O–H groups in total. The van der Waals surface area contributed by atoms with Gasteiger partial charge in [-0.3, -0.25) is 0 Å². The molecule has 0 radical (unpaired) electrons. The van der Waals surface area contributed by atoms with E-state index in [0.717, 1.165) is 11.1 Å². The monoisotopic (exact) mass is 272 g/mol. The fourth-order valence-corrected chi connectivity index (χ4v) is 2.55. The summed E-state index contributed by atoms with van der Waals surface area (Å²) in [4.78, 5) is 0. The van der Waals surface area contributed by atoms with E-state index in [9.17, 15) is 0 Å². The lowest BCUT2D eigenvalue weighted by atomic mass is 9.96. The Bertz CT molecular complexity index is 870. The molecule has 0 heterocycles. The van der Waals surface area contributed by atoms with Gasteiger partial charge in [-0.2, -0.15) is 0 Å². The van der Waals surface area contributed by atoms with Gasteiger partial charge in [0.25, 0.3) is 0 Å². The van der Waals surface area contributed by atoms with Crippen LogP contribution in [-0.2, 0) is 0 Å². The van der Waals surface area contributed by atoms with Crippen molar-refractivity contribution in [2.75, 3.05) is 0 Å². The van der Waals surface area contributed by atoms with E-state index < -0.39 is 0 Å². The Hall–Kier alpha value is -2.56. The van der Waals surface area contributed by atoms with E-state index in [4.69, 9.17) is 0 Å². The topological polar surface area (TPSA) is 0 Å². The molecule has 21 heavy (non-hydrogen) atoms. The molecule has 0 unspecified atom stereocenters. The molecule has 1 aliphatic carbocycles. The van der Waals surface area contributed by atoms with Gasteiger partial charge in [-0.1, -0.05) is 63.4 Å². The Kier molecular flexibility index (Phi) is 4.77. The maximum atomic E-state index is 3.93. The van der Waals surface area contributed by atoms with Crippen molar-refractivity contribution in [1.29, 1.82) is 0 Å². The summed E-state index contributed by atoms with van der Waals surface area (Å²) in [6.45, 7) is 11.8. The molecule has 3 rings (SSSR count). The maximum absolute atomic E-state index is 3.93. The summed E-state index contributed by atoms with van der Waals surface area (Å²) >= 11 is 0. The first-order chi connectivity index (χ1) is 10.3.